The number of carbonyl (C=O) groups excluding carboxylic acids is 2. The van der Waals surface area contributed by atoms with Crippen molar-refractivity contribution in [2.75, 3.05) is 17.9 Å². The second-order valence-corrected chi connectivity index (χ2v) is 7.62. The Kier molecular flexibility index (Phi) is 4.36. The number of para-hydroxylation sites is 2. The summed E-state index contributed by atoms with van der Waals surface area (Å²) in [6.07, 6.45) is 0.312. The number of primary amides is 1. The van der Waals surface area contributed by atoms with Crippen LogP contribution in [0, 0.1) is 0 Å². The Morgan fingerprint density at radius 2 is 2.00 bits per heavy atom. The molecule has 0 bridgehead atoms. The summed E-state index contributed by atoms with van der Waals surface area (Å²) in [6.45, 7) is -0.195. The van der Waals surface area contributed by atoms with Gasteiger partial charge < -0.3 is 20.4 Å². The smallest absolute Gasteiger partial charge is 0.266 e. The molecule has 10 heteroatoms. The first-order valence-electron chi connectivity index (χ1n) is 7.72. The molecule has 3 rings (SSSR count). The third kappa shape index (κ3) is 2.88. The Labute approximate surface area is 150 Å². The van der Waals surface area contributed by atoms with Gasteiger partial charge in [0, 0.05) is 20.3 Å². The van der Waals surface area contributed by atoms with Crippen molar-refractivity contribution in [1.82, 2.24) is 9.88 Å². The Balaban J connectivity index is 2.09. The number of aryl methyl sites for hydroxylation is 1. The number of nitrogens with zero attached hydrogens (tertiary/aromatic N) is 2. The highest BCUT2D eigenvalue weighted by atomic mass is 32.2. The van der Waals surface area contributed by atoms with Crippen molar-refractivity contribution in [3.8, 4) is 5.75 Å². The fraction of sp³-hybridized carbons (Fsp3) is 0.250. The van der Waals surface area contributed by atoms with Crippen molar-refractivity contribution in [1.29, 1.82) is 0 Å². The standard InChI is InChI=1S/C16H18N4O5S/c1-18-16(22)14-9-20(11-5-3-4-6-13(11)25-14)26(23,24)10-7-12(15(17)21)19(2)8-10/h3-8,14H,9H2,1-2H3,(H2,17,21)(H,18,22)/t14-/m0/s1. The molecule has 1 aromatic heterocycles. The second-order valence-electron chi connectivity index (χ2n) is 5.76. The van der Waals surface area contributed by atoms with Gasteiger partial charge in [0.25, 0.3) is 21.8 Å². The lowest BCUT2D eigenvalue weighted by Gasteiger charge is -2.34. The minimum absolute atomic E-state index is 0.0629. The average Bonchev–Trinajstić information content (AvgIpc) is 3.02. The highest BCUT2D eigenvalue weighted by molar-refractivity contribution is 7.92. The Morgan fingerprint density at radius 1 is 1.31 bits per heavy atom. The van der Waals surface area contributed by atoms with E-state index >= 15 is 0 Å². The SMILES string of the molecule is CNC(=O)[C@@H]1CN(S(=O)(=O)c2cc(C(N)=O)n(C)c2)c2ccccc2O1. The maximum atomic E-state index is 13.2. The molecule has 26 heavy (non-hydrogen) atoms. The van der Waals surface area contributed by atoms with E-state index in [-0.39, 0.29) is 22.9 Å². The highest BCUT2D eigenvalue weighted by Gasteiger charge is 2.37. The molecule has 1 aromatic carbocycles. The van der Waals surface area contributed by atoms with Crippen LogP contribution in [0.15, 0.2) is 41.4 Å². The number of anilines is 1. The highest BCUT2D eigenvalue weighted by Crippen LogP contribution is 2.37. The van der Waals surface area contributed by atoms with Gasteiger partial charge in [-0.05, 0) is 18.2 Å². The second kappa shape index (κ2) is 6.37. The van der Waals surface area contributed by atoms with Gasteiger partial charge in [0.2, 0.25) is 0 Å². The van der Waals surface area contributed by atoms with Crippen LogP contribution in [-0.4, -0.2) is 44.5 Å². The predicted molar refractivity (Wildman–Crippen MR) is 93.4 cm³/mol. The van der Waals surface area contributed by atoms with Gasteiger partial charge in [0.1, 0.15) is 16.3 Å². The lowest BCUT2D eigenvalue weighted by molar-refractivity contribution is -0.127. The molecule has 1 atom stereocenters. The summed E-state index contributed by atoms with van der Waals surface area (Å²) in [5.41, 5.74) is 5.64. The van der Waals surface area contributed by atoms with Gasteiger partial charge in [-0.15, -0.1) is 0 Å². The van der Waals surface area contributed by atoms with Gasteiger partial charge in [-0.3, -0.25) is 13.9 Å². The number of ether oxygens (including phenoxy) is 1. The average molecular weight is 378 g/mol. The zero-order chi connectivity index (χ0) is 19.1. The third-order valence-corrected chi connectivity index (χ3v) is 5.84. The van der Waals surface area contributed by atoms with E-state index in [2.05, 4.69) is 5.32 Å². The molecule has 0 aliphatic carbocycles. The van der Waals surface area contributed by atoms with Crippen molar-refractivity contribution >= 4 is 27.5 Å². The molecule has 0 spiro atoms. The molecule has 1 aliphatic rings. The van der Waals surface area contributed by atoms with Gasteiger partial charge in [0.15, 0.2) is 6.10 Å². The molecule has 0 saturated carbocycles. The summed E-state index contributed by atoms with van der Waals surface area (Å²) >= 11 is 0. The number of hydrogen-bond donors (Lipinski definition) is 2. The van der Waals surface area contributed by atoms with Crippen LogP contribution >= 0.6 is 0 Å². The number of likely N-dealkylation sites (N-methyl/N-ethyl adjacent to an activating group) is 1. The van der Waals surface area contributed by atoms with E-state index < -0.39 is 27.9 Å². The van der Waals surface area contributed by atoms with Gasteiger partial charge in [-0.2, -0.15) is 0 Å². The summed E-state index contributed by atoms with van der Waals surface area (Å²) in [5, 5.41) is 2.45. The first-order chi connectivity index (χ1) is 12.3. The molecular formula is C16H18N4O5S. The fourth-order valence-electron chi connectivity index (χ4n) is 2.77. The number of nitrogens with two attached hydrogens (primary N) is 1. The topological polar surface area (TPSA) is 124 Å². The molecule has 2 amide bonds. The molecule has 138 valence electrons. The summed E-state index contributed by atoms with van der Waals surface area (Å²) in [6, 6.07) is 7.75. The van der Waals surface area contributed by atoms with E-state index in [1.54, 1.807) is 24.3 Å². The van der Waals surface area contributed by atoms with Crippen LogP contribution in [0.1, 0.15) is 10.5 Å². The number of nitrogens with one attached hydrogen (secondary N) is 1. The van der Waals surface area contributed by atoms with Crippen molar-refractivity contribution in [2.45, 2.75) is 11.0 Å². The van der Waals surface area contributed by atoms with Crippen LogP contribution in [0.4, 0.5) is 5.69 Å². The monoisotopic (exact) mass is 378 g/mol. The largest absolute Gasteiger partial charge is 0.476 e. The summed E-state index contributed by atoms with van der Waals surface area (Å²) in [4.78, 5) is 23.4. The first kappa shape index (κ1) is 17.8. The number of rotatable bonds is 4. The molecular weight excluding hydrogens is 360 g/mol. The maximum absolute atomic E-state index is 13.2. The van der Waals surface area contributed by atoms with E-state index in [1.165, 1.54) is 30.9 Å². The van der Waals surface area contributed by atoms with Crippen LogP contribution in [0.2, 0.25) is 0 Å². The summed E-state index contributed by atoms with van der Waals surface area (Å²) in [5.74, 6) is -0.896. The first-order valence-corrected chi connectivity index (χ1v) is 9.16. The molecule has 9 nitrogen and oxygen atoms in total. The van der Waals surface area contributed by atoms with Crippen molar-refractivity contribution in [2.24, 2.45) is 12.8 Å². The van der Waals surface area contributed by atoms with E-state index in [9.17, 15) is 18.0 Å². The van der Waals surface area contributed by atoms with E-state index in [0.29, 0.717) is 5.69 Å². The van der Waals surface area contributed by atoms with Crippen LogP contribution in [0.3, 0.4) is 0 Å². The Bertz CT molecular complexity index is 982. The van der Waals surface area contributed by atoms with Gasteiger partial charge in [0.05, 0.1) is 12.2 Å². The van der Waals surface area contributed by atoms with Gasteiger partial charge in [-0.1, -0.05) is 12.1 Å². The van der Waals surface area contributed by atoms with Gasteiger partial charge >= 0.3 is 0 Å². The molecule has 1 aliphatic heterocycles. The number of amides is 2. The van der Waals surface area contributed by atoms with Crippen molar-refractivity contribution in [3.63, 3.8) is 0 Å². The van der Waals surface area contributed by atoms with Crippen molar-refractivity contribution in [3.05, 3.63) is 42.2 Å². The number of hydrogen-bond acceptors (Lipinski definition) is 5. The number of carbonyl (C=O) groups is 2. The minimum Gasteiger partial charge on any atom is -0.476 e. The molecule has 3 N–H and O–H groups in total. The van der Waals surface area contributed by atoms with Crippen LogP contribution in [-0.2, 0) is 21.9 Å². The predicted octanol–water partition coefficient (Wildman–Crippen LogP) is -0.174. The van der Waals surface area contributed by atoms with Crippen LogP contribution < -0.4 is 20.1 Å². The molecule has 0 fully saturated rings. The number of fused-ring (bicyclic) bond motifs is 1. The lowest BCUT2D eigenvalue weighted by Crippen LogP contribution is -2.50. The zero-order valence-corrected chi connectivity index (χ0v) is 15.0. The summed E-state index contributed by atoms with van der Waals surface area (Å²) in [7, 11) is -1.07. The van der Waals surface area contributed by atoms with Crippen LogP contribution in [0.25, 0.3) is 0 Å². The Morgan fingerprint density at radius 3 is 2.62 bits per heavy atom. The Hall–Kier alpha value is -3.01. The number of sulfonamides is 1. The maximum Gasteiger partial charge on any atom is 0.266 e. The zero-order valence-electron chi connectivity index (χ0n) is 14.2. The quantitative estimate of drug-likeness (QED) is 0.764. The number of benzene rings is 1. The molecule has 0 saturated heterocycles. The third-order valence-electron chi connectivity index (χ3n) is 4.09. The number of aromatic nitrogens is 1. The molecule has 2 aromatic rings. The minimum atomic E-state index is -4.04. The molecule has 0 unspecified atom stereocenters. The normalized spacial score (nSPS) is 16.5. The fourth-order valence-corrected chi connectivity index (χ4v) is 4.32. The van der Waals surface area contributed by atoms with Crippen LogP contribution in [0.5, 0.6) is 5.75 Å². The van der Waals surface area contributed by atoms with E-state index in [4.69, 9.17) is 10.5 Å². The lowest BCUT2D eigenvalue weighted by atomic mass is 10.2. The summed E-state index contributed by atoms with van der Waals surface area (Å²) < 4.78 is 34.4. The molecule has 0 radical (unpaired) electrons. The molecule has 2 heterocycles. The van der Waals surface area contributed by atoms with Gasteiger partial charge in [-0.25, -0.2) is 8.42 Å². The van der Waals surface area contributed by atoms with Crippen molar-refractivity contribution < 1.29 is 22.7 Å². The van der Waals surface area contributed by atoms with E-state index in [1.807, 2.05) is 0 Å². The van der Waals surface area contributed by atoms with E-state index in [0.717, 1.165) is 4.31 Å².